The quantitative estimate of drug-likeness (QED) is 0.794. The fourth-order valence-corrected chi connectivity index (χ4v) is 1.84. The van der Waals surface area contributed by atoms with Gasteiger partial charge in [-0.05, 0) is 43.0 Å². The Hall–Kier alpha value is -1.55. The lowest BCUT2D eigenvalue weighted by molar-refractivity contribution is -0.132. The van der Waals surface area contributed by atoms with Crippen molar-refractivity contribution in [2.24, 2.45) is 5.73 Å². The first-order valence-corrected chi connectivity index (χ1v) is 7.25. The molecule has 0 aliphatic rings. The van der Waals surface area contributed by atoms with Crippen molar-refractivity contribution >= 4 is 5.91 Å². The van der Waals surface area contributed by atoms with Gasteiger partial charge in [0.25, 0.3) is 5.91 Å². The zero-order valence-corrected chi connectivity index (χ0v) is 12.8. The Morgan fingerprint density at radius 1 is 1.35 bits per heavy atom. The van der Waals surface area contributed by atoms with Gasteiger partial charge < -0.3 is 15.4 Å². The highest BCUT2D eigenvalue weighted by molar-refractivity contribution is 5.77. The van der Waals surface area contributed by atoms with Crippen LogP contribution in [0, 0.1) is 0 Å². The summed E-state index contributed by atoms with van der Waals surface area (Å²) in [7, 11) is 1.77. The molecular weight excluding hydrogens is 252 g/mol. The summed E-state index contributed by atoms with van der Waals surface area (Å²) in [5.41, 5.74) is 6.72. The molecule has 0 spiro atoms. The van der Waals surface area contributed by atoms with E-state index in [1.807, 2.05) is 12.1 Å². The van der Waals surface area contributed by atoms with E-state index in [1.165, 1.54) is 5.56 Å². The summed E-state index contributed by atoms with van der Waals surface area (Å²) >= 11 is 0. The van der Waals surface area contributed by atoms with Crippen LogP contribution in [-0.2, 0) is 4.79 Å². The maximum atomic E-state index is 11.8. The fourth-order valence-electron chi connectivity index (χ4n) is 1.84. The van der Waals surface area contributed by atoms with Gasteiger partial charge in [-0.25, -0.2) is 0 Å². The van der Waals surface area contributed by atoms with Crippen molar-refractivity contribution in [1.82, 2.24) is 4.90 Å². The third kappa shape index (κ3) is 5.21. The molecule has 0 aromatic heterocycles. The van der Waals surface area contributed by atoms with E-state index >= 15 is 0 Å². The molecule has 4 nitrogen and oxygen atoms in total. The molecule has 0 aliphatic carbocycles. The van der Waals surface area contributed by atoms with Crippen LogP contribution in [0.5, 0.6) is 5.75 Å². The van der Waals surface area contributed by atoms with Gasteiger partial charge in [0, 0.05) is 13.6 Å². The lowest BCUT2D eigenvalue weighted by atomic mass is 9.99. The number of likely N-dealkylation sites (N-methyl/N-ethyl adjacent to an activating group) is 1. The average molecular weight is 278 g/mol. The van der Waals surface area contributed by atoms with E-state index in [4.69, 9.17) is 10.5 Å². The Balaban J connectivity index is 2.43. The van der Waals surface area contributed by atoms with Gasteiger partial charge in [-0.1, -0.05) is 26.0 Å². The van der Waals surface area contributed by atoms with E-state index in [9.17, 15) is 4.79 Å². The Morgan fingerprint density at radius 3 is 2.55 bits per heavy atom. The van der Waals surface area contributed by atoms with Crippen LogP contribution in [0.1, 0.15) is 38.2 Å². The van der Waals surface area contributed by atoms with Gasteiger partial charge >= 0.3 is 0 Å². The van der Waals surface area contributed by atoms with Crippen LogP contribution in [0.25, 0.3) is 0 Å². The number of nitrogens with two attached hydrogens (primary N) is 1. The SMILES string of the molecule is CCC(C)c1ccc(OCC(=O)N(C)CCCN)cc1. The molecule has 1 amide bonds. The Morgan fingerprint density at radius 2 is 2.00 bits per heavy atom. The molecule has 2 N–H and O–H groups in total. The van der Waals surface area contributed by atoms with Crippen molar-refractivity contribution < 1.29 is 9.53 Å². The number of benzene rings is 1. The smallest absolute Gasteiger partial charge is 0.260 e. The highest BCUT2D eigenvalue weighted by atomic mass is 16.5. The number of carbonyl (C=O) groups excluding carboxylic acids is 1. The fraction of sp³-hybridized carbons (Fsp3) is 0.562. The van der Waals surface area contributed by atoms with Crippen molar-refractivity contribution in [2.75, 3.05) is 26.7 Å². The summed E-state index contributed by atoms with van der Waals surface area (Å²) in [4.78, 5) is 13.5. The largest absolute Gasteiger partial charge is 0.484 e. The summed E-state index contributed by atoms with van der Waals surface area (Å²) in [5, 5.41) is 0. The van der Waals surface area contributed by atoms with Crippen molar-refractivity contribution in [1.29, 1.82) is 0 Å². The first kappa shape index (κ1) is 16.5. The monoisotopic (exact) mass is 278 g/mol. The molecule has 0 radical (unpaired) electrons. The number of carbonyl (C=O) groups is 1. The highest BCUT2D eigenvalue weighted by Crippen LogP contribution is 2.21. The van der Waals surface area contributed by atoms with Crippen molar-refractivity contribution in [3.05, 3.63) is 29.8 Å². The van der Waals surface area contributed by atoms with Crippen LogP contribution >= 0.6 is 0 Å². The van der Waals surface area contributed by atoms with Gasteiger partial charge in [0.05, 0.1) is 0 Å². The molecule has 0 aliphatic heterocycles. The summed E-state index contributed by atoms with van der Waals surface area (Å²) in [6.07, 6.45) is 1.93. The summed E-state index contributed by atoms with van der Waals surface area (Å²) in [6.45, 7) is 5.71. The molecule has 0 saturated carbocycles. The molecule has 0 bridgehead atoms. The molecule has 0 fully saturated rings. The van der Waals surface area contributed by atoms with Gasteiger partial charge in [-0.15, -0.1) is 0 Å². The summed E-state index contributed by atoms with van der Waals surface area (Å²) < 4.78 is 5.51. The average Bonchev–Trinajstić information content (AvgIpc) is 2.49. The highest BCUT2D eigenvalue weighted by Gasteiger charge is 2.09. The Bertz CT molecular complexity index is 403. The summed E-state index contributed by atoms with van der Waals surface area (Å²) in [5.74, 6) is 1.26. The molecule has 1 rings (SSSR count). The molecule has 4 heteroatoms. The molecule has 1 aromatic carbocycles. The second-order valence-corrected chi connectivity index (χ2v) is 5.12. The van der Waals surface area contributed by atoms with E-state index < -0.39 is 0 Å². The topological polar surface area (TPSA) is 55.6 Å². The molecular formula is C16H26N2O2. The molecule has 1 aromatic rings. The number of ether oxygens (including phenoxy) is 1. The van der Waals surface area contributed by atoms with E-state index in [0.29, 0.717) is 19.0 Å². The van der Waals surface area contributed by atoms with E-state index in [0.717, 1.165) is 18.6 Å². The Kier molecular flexibility index (Phi) is 7.09. The minimum atomic E-state index is -0.0237. The Labute approximate surface area is 121 Å². The van der Waals surface area contributed by atoms with Crippen molar-refractivity contribution in [3.63, 3.8) is 0 Å². The van der Waals surface area contributed by atoms with Gasteiger partial charge in [-0.2, -0.15) is 0 Å². The number of hydrogen-bond donors (Lipinski definition) is 1. The van der Waals surface area contributed by atoms with Crippen LogP contribution in [-0.4, -0.2) is 37.6 Å². The second-order valence-electron chi connectivity index (χ2n) is 5.12. The van der Waals surface area contributed by atoms with E-state index in [-0.39, 0.29) is 12.5 Å². The maximum absolute atomic E-state index is 11.8. The van der Waals surface area contributed by atoms with Crippen LogP contribution in [0.3, 0.4) is 0 Å². The van der Waals surface area contributed by atoms with Crippen LogP contribution in [0.15, 0.2) is 24.3 Å². The predicted molar refractivity (Wildman–Crippen MR) is 82.0 cm³/mol. The molecule has 112 valence electrons. The second kappa shape index (κ2) is 8.59. The zero-order chi connectivity index (χ0) is 15.0. The van der Waals surface area contributed by atoms with Crippen molar-refractivity contribution in [3.8, 4) is 5.75 Å². The van der Waals surface area contributed by atoms with Crippen molar-refractivity contribution in [2.45, 2.75) is 32.6 Å². The maximum Gasteiger partial charge on any atom is 0.260 e. The predicted octanol–water partition coefficient (Wildman–Crippen LogP) is 2.39. The number of hydrogen-bond acceptors (Lipinski definition) is 3. The van der Waals surface area contributed by atoms with E-state index in [2.05, 4.69) is 26.0 Å². The summed E-state index contributed by atoms with van der Waals surface area (Å²) in [6, 6.07) is 7.97. The number of amides is 1. The first-order chi connectivity index (χ1) is 9.58. The standard InChI is InChI=1S/C16H26N2O2/c1-4-13(2)14-6-8-15(9-7-14)20-12-16(19)18(3)11-5-10-17/h6-9,13H,4-5,10-12,17H2,1-3H3. The number of nitrogens with zero attached hydrogens (tertiary/aromatic N) is 1. The van der Waals surface area contributed by atoms with E-state index in [1.54, 1.807) is 11.9 Å². The molecule has 0 saturated heterocycles. The van der Waals surface area contributed by atoms with Gasteiger partial charge in [0.1, 0.15) is 5.75 Å². The lowest BCUT2D eigenvalue weighted by Gasteiger charge is -2.17. The minimum Gasteiger partial charge on any atom is -0.484 e. The van der Waals surface area contributed by atoms with Gasteiger partial charge in [0.2, 0.25) is 0 Å². The van der Waals surface area contributed by atoms with Crippen LogP contribution in [0.2, 0.25) is 0 Å². The molecule has 0 heterocycles. The third-order valence-corrected chi connectivity index (χ3v) is 3.55. The molecule has 20 heavy (non-hydrogen) atoms. The van der Waals surface area contributed by atoms with Gasteiger partial charge in [0.15, 0.2) is 6.61 Å². The minimum absolute atomic E-state index is 0.0237. The third-order valence-electron chi connectivity index (χ3n) is 3.55. The number of rotatable bonds is 8. The first-order valence-electron chi connectivity index (χ1n) is 7.25. The normalized spacial score (nSPS) is 12.0. The van der Waals surface area contributed by atoms with Crippen LogP contribution < -0.4 is 10.5 Å². The molecule has 1 atom stereocenters. The molecule has 1 unspecified atom stereocenters. The lowest BCUT2D eigenvalue weighted by Crippen LogP contribution is -2.33. The zero-order valence-electron chi connectivity index (χ0n) is 12.8. The van der Waals surface area contributed by atoms with Crippen LogP contribution in [0.4, 0.5) is 0 Å². The van der Waals surface area contributed by atoms with Gasteiger partial charge in [-0.3, -0.25) is 4.79 Å².